The fraction of sp³-hybridized carbons (Fsp3) is 0.931. The highest BCUT2D eigenvalue weighted by Crippen LogP contribution is 2.68. The molecule has 0 bridgehead atoms. The second-order valence-corrected chi connectivity index (χ2v) is 13.6. The van der Waals surface area contributed by atoms with Crippen LogP contribution in [0, 0.1) is 40.4 Å². The highest BCUT2D eigenvalue weighted by Gasteiger charge is 2.71. The van der Waals surface area contributed by atoms with Crippen LogP contribution in [0.5, 0.6) is 0 Å². The highest BCUT2D eigenvalue weighted by molar-refractivity contribution is 5.32. The average Bonchev–Trinajstić information content (AvgIpc) is 3.22. The summed E-state index contributed by atoms with van der Waals surface area (Å²) in [4.78, 5) is 0. The minimum atomic E-state index is -1.64. The molecule has 7 heteroatoms. The largest absolute Gasteiger partial charge is 0.396 e. The molecule has 6 N–H and O–H groups in total. The van der Waals surface area contributed by atoms with Gasteiger partial charge < -0.3 is 35.4 Å². The van der Waals surface area contributed by atoms with E-state index in [1.54, 1.807) is 6.92 Å². The average molecular weight is 509 g/mol. The Balaban J connectivity index is 1.49. The molecule has 4 aliphatic carbocycles. The van der Waals surface area contributed by atoms with Gasteiger partial charge in [0.2, 0.25) is 0 Å². The van der Waals surface area contributed by atoms with Crippen LogP contribution in [0.2, 0.25) is 0 Å². The third kappa shape index (κ3) is 3.42. The van der Waals surface area contributed by atoms with Crippen LogP contribution in [0.25, 0.3) is 0 Å². The molecule has 1 saturated heterocycles. The summed E-state index contributed by atoms with van der Waals surface area (Å²) >= 11 is 0. The lowest BCUT2D eigenvalue weighted by atomic mass is 9.47. The molecule has 1 aliphatic heterocycles. The summed E-state index contributed by atoms with van der Waals surface area (Å²) in [6.45, 7) is 7.45. The second-order valence-electron chi connectivity index (χ2n) is 13.6. The third-order valence-corrected chi connectivity index (χ3v) is 12.2. The molecule has 5 aliphatic rings. The minimum absolute atomic E-state index is 0.0142. The lowest BCUT2D eigenvalue weighted by Crippen LogP contribution is -2.63. The van der Waals surface area contributed by atoms with Crippen LogP contribution < -0.4 is 0 Å². The second kappa shape index (κ2) is 9.00. The van der Waals surface area contributed by atoms with Crippen LogP contribution in [-0.4, -0.2) is 79.5 Å². The van der Waals surface area contributed by atoms with Gasteiger partial charge in [-0.3, -0.25) is 0 Å². The van der Waals surface area contributed by atoms with E-state index in [1.807, 2.05) is 6.92 Å². The molecule has 3 saturated carbocycles. The third-order valence-electron chi connectivity index (χ3n) is 12.2. The number of allylic oxidation sites excluding steroid dienone is 2. The first-order valence-corrected chi connectivity index (χ1v) is 14.3. The molecule has 0 spiro atoms. The summed E-state index contributed by atoms with van der Waals surface area (Å²) in [6, 6.07) is 0. The fourth-order valence-corrected chi connectivity index (χ4v) is 9.92. The van der Waals surface area contributed by atoms with Crippen molar-refractivity contribution in [3.05, 3.63) is 11.6 Å². The molecular formula is C29H48O7. The predicted octanol–water partition coefficient (Wildman–Crippen LogP) is 2.16. The number of hydrogen-bond donors (Lipinski definition) is 6. The van der Waals surface area contributed by atoms with Gasteiger partial charge in [-0.05, 0) is 81.5 Å². The molecule has 7 nitrogen and oxygen atoms in total. The SMILES string of the molecule is CC[C@H]1[C@H](O)[C@H]([C@@H](CO)[C@@]2(O)[C@@H](O)C[C@H]3C4=CC[C@H]5C[C@@H](O)CC[C@]5(C)[C@H]4CC[C@@]32C)O[C@]1(C)CO. The molecule has 0 aromatic carbocycles. The first-order chi connectivity index (χ1) is 16.9. The number of hydrogen-bond acceptors (Lipinski definition) is 7. The normalized spacial score (nSPS) is 55.4. The zero-order valence-corrected chi connectivity index (χ0v) is 22.4. The van der Waals surface area contributed by atoms with E-state index < -0.39 is 47.5 Å². The maximum absolute atomic E-state index is 12.5. The van der Waals surface area contributed by atoms with Crippen molar-refractivity contribution in [3.63, 3.8) is 0 Å². The number of ether oxygens (including phenoxy) is 1. The van der Waals surface area contributed by atoms with Gasteiger partial charge in [0, 0.05) is 17.3 Å². The van der Waals surface area contributed by atoms with Crippen molar-refractivity contribution in [3.8, 4) is 0 Å². The van der Waals surface area contributed by atoms with E-state index in [1.165, 1.54) is 5.57 Å². The Hall–Kier alpha value is -0.540. The van der Waals surface area contributed by atoms with Crippen molar-refractivity contribution in [1.29, 1.82) is 0 Å². The molecule has 5 rings (SSSR count). The maximum Gasteiger partial charge on any atom is 0.104 e. The number of rotatable bonds is 5. The van der Waals surface area contributed by atoms with Crippen LogP contribution in [0.3, 0.4) is 0 Å². The Morgan fingerprint density at radius 1 is 1.03 bits per heavy atom. The summed E-state index contributed by atoms with van der Waals surface area (Å²) in [7, 11) is 0. The lowest BCUT2D eigenvalue weighted by Gasteiger charge is -2.59. The highest BCUT2D eigenvalue weighted by atomic mass is 16.5. The van der Waals surface area contributed by atoms with E-state index in [4.69, 9.17) is 4.74 Å². The van der Waals surface area contributed by atoms with E-state index in [2.05, 4.69) is 19.9 Å². The van der Waals surface area contributed by atoms with E-state index in [9.17, 15) is 30.6 Å². The summed E-state index contributed by atoms with van der Waals surface area (Å²) in [5.41, 5.74) is -1.82. The Labute approximate surface area is 215 Å². The smallest absolute Gasteiger partial charge is 0.104 e. The number of aliphatic hydroxyl groups is 6. The molecule has 0 radical (unpaired) electrons. The van der Waals surface area contributed by atoms with Crippen molar-refractivity contribution in [2.75, 3.05) is 13.2 Å². The zero-order valence-electron chi connectivity index (χ0n) is 22.4. The first kappa shape index (κ1) is 27.0. The Bertz CT molecular complexity index is 878. The van der Waals surface area contributed by atoms with Gasteiger partial charge in [0.1, 0.15) is 5.60 Å². The molecule has 0 aromatic heterocycles. The molecule has 1 heterocycles. The van der Waals surface area contributed by atoms with E-state index >= 15 is 0 Å². The Morgan fingerprint density at radius 3 is 2.36 bits per heavy atom. The lowest BCUT2D eigenvalue weighted by molar-refractivity contribution is -0.219. The molecule has 0 aromatic rings. The van der Waals surface area contributed by atoms with E-state index in [0.29, 0.717) is 31.1 Å². The van der Waals surface area contributed by atoms with Crippen LogP contribution in [0.4, 0.5) is 0 Å². The van der Waals surface area contributed by atoms with Gasteiger partial charge in [0.05, 0.1) is 43.2 Å². The molecule has 4 fully saturated rings. The standard InChI is InChI=1S/C29H48O7/c1-5-19-24(34)25(36-28(19,4)15-31)22(14-30)29(35)23(33)13-21-18-7-6-16-12-17(32)8-10-26(16,2)20(18)9-11-27(21,29)3/h7,16-17,19-25,30-35H,5-6,8-15H2,1-4H3/t16-,17-,19-,20-,21-,22+,23-,24-,25-,26-,27-,28+,29+/m0/s1. The van der Waals surface area contributed by atoms with Gasteiger partial charge in [-0.25, -0.2) is 0 Å². The van der Waals surface area contributed by atoms with E-state index in [-0.39, 0.29) is 30.0 Å². The predicted molar refractivity (Wildman–Crippen MR) is 135 cm³/mol. The van der Waals surface area contributed by atoms with Gasteiger partial charge in [0.25, 0.3) is 0 Å². The minimum Gasteiger partial charge on any atom is -0.396 e. The molecule has 0 unspecified atom stereocenters. The van der Waals surface area contributed by atoms with Gasteiger partial charge >= 0.3 is 0 Å². The van der Waals surface area contributed by atoms with Crippen molar-refractivity contribution in [2.45, 2.75) is 115 Å². The monoisotopic (exact) mass is 508 g/mol. The Kier molecular flexibility index (Phi) is 6.76. The van der Waals surface area contributed by atoms with Crippen molar-refractivity contribution >= 4 is 0 Å². The molecule has 13 atom stereocenters. The molecule has 0 amide bonds. The van der Waals surface area contributed by atoms with Gasteiger partial charge in [-0.15, -0.1) is 0 Å². The summed E-state index contributed by atoms with van der Waals surface area (Å²) < 4.78 is 6.25. The zero-order chi connectivity index (χ0) is 26.3. The van der Waals surface area contributed by atoms with Crippen LogP contribution in [0.1, 0.15) is 79.1 Å². The molecular weight excluding hydrogens is 460 g/mol. The summed E-state index contributed by atoms with van der Waals surface area (Å²) in [5, 5.41) is 66.2. The maximum atomic E-state index is 12.5. The topological polar surface area (TPSA) is 131 Å². The van der Waals surface area contributed by atoms with Crippen molar-refractivity contribution in [2.24, 2.45) is 40.4 Å². The van der Waals surface area contributed by atoms with Crippen LogP contribution in [0.15, 0.2) is 11.6 Å². The molecule has 36 heavy (non-hydrogen) atoms. The summed E-state index contributed by atoms with van der Waals surface area (Å²) in [5.74, 6) is -0.394. The van der Waals surface area contributed by atoms with Crippen LogP contribution >= 0.6 is 0 Å². The van der Waals surface area contributed by atoms with E-state index in [0.717, 1.165) is 32.1 Å². The number of aliphatic hydroxyl groups excluding tert-OH is 5. The van der Waals surface area contributed by atoms with Gasteiger partial charge in [-0.2, -0.15) is 0 Å². The quantitative estimate of drug-likeness (QED) is 0.314. The van der Waals surface area contributed by atoms with Crippen molar-refractivity contribution in [1.82, 2.24) is 0 Å². The van der Waals surface area contributed by atoms with Gasteiger partial charge in [0.15, 0.2) is 0 Å². The Morgan fingerprint density at radius 2 is 1.75 bits per heavy atom. The van der Waals surface area contributed by atoms with Crippen LogP contribution in [-0.2, 0) is 4.74 Å². The van der Waals surface area contributed by atoms with Gasteiger partial charge in [-0.1, -0.05) is 32.4 Å². The first-order valence-electron chi connectivity index (χ1n) is 14.3. The van der Waals surface area contributed by atoms with Crippen molar-refractivity contribution < 1.29 is 35.4 Å². The summed E-state index contributed by atoms with van der Waals surface area (Å²) in [6.07, 6.45) is 5.44. The fourth-order valence-electron chi connectivity index (χ4n) is 9.92. The number of fused-ring (bicyclic) bond motifs is 5. The molecule has 206 valence electrons.